The smallest absolute Gasteiger partial charge is 0.334 e. The topological polar surface area (TPSA) is 52.7 Å². The van der Waals surface area contributed by atoms with E-state index in [-0.39, 0.29) is 22.9 Å². The Balaban J connectivity index is 0.000000253. The van der Waals surface area contributed by atoms with Crippen LogP contribution in [0.1, 0.15) is 24.8 Å². The number of carbonyl (C=O) groups is 2. The molecule has 29 heavy (non-hydrogen) atoms. The SMILES string of the molecule is CSCCC1NC2(CCN(C(=O)S)CC2)N(C)C1=O.FC(F)(F)c1ccccc1. The van der Waals surface area contributed by atoms with Crippen LogP contribution < -0.4 is 5.32 Å². The molecule has 162 valence electrons. The maximum Gasteiger partial charge on any atom is 0.416 e. The second-order valence-corrected chi connectivity index (χ2v) is 8.41. The molecule has 2 aliphatic heterocycles. The predicted molar refractivity (Wildman–Crippen MR) is 112 cm³/mol. The standard InChI is InChI=1S/C12H21N3O2S2.C7H5F3/c1-14-10(16)9(3-8-19-2)13-12(14)4-6-15(7-5-12)11(17)18;8-7(9,10)6-4-2-1-3-5-6/h9,13H,3-8H2,1-2H3,(H,17,18);1-5H. The molecule has 2 aliphatic rings. The summed E-state index contributed by atoms with van der Waals surface area (Å²) < 4.78 is 35.4. The molecular weight excluding hydrogens is 423 g/mol. The summed E-state index contributed by atoms with van der Waals surface area (Å²) in [7, 11) is 1.87. The fourth-order valence-corrected chi connectivity index (χ4v) is 4.21. The maximum atomic E-state index is 12.3. The van der Waals surface area contributed by atoms with Crippen molar-refractivity contribution in [1.29, 1.82) is 0 Å². The summed E-state index contributed by atoms with van der Waals surface area (Å²) in [5.74, 6) is 1.16. The van der Waals surface area contributed by atoms with Crippen molar-refractivity contribution in [2.75, 3.05) is 32.1 Å². The van der Waals surface area contributed by atoms with Crippen molar-refractivity contribution in [3.05, 3.63) is 35.9 Å². The minimum atomic E-state index is -4.21. The maximum absolute atomic E-state index is 12.3. The van der Waals surface area contributed by atoms with E-state index in [4.69, 9.17) is 0 Å². The second-order valence-electron chi connectivity index (χ2n) is 7.04. The molecule has 10 heteroatoms. The van der Waals surface area contributed by atoms with Gasteiger partial charge in [0, 0.05) is 33.0 Å². The van der Waals surface area contributed by atoms with E-state index < -0.39 is 11.7 Å². The molecule has 2 heterocycles. The van der Waals surface area contributed by atoms with Gasteiger partial charge in [-0.05, 0) is 18.4 Å². The number of nitrogens with zero attached hydrogens (tertiary/aromatic N) is 2. The van der Waals surface area contributed by atoms with Crippen LogP contribution in [0, 0.1) is 0 Å². The Kier molecular flexibility index (Phi) is 8.30. The highest BCUT2D eigenvalue weighted by molar-refractivity contribution is 7.98. The third-order valence-corrected chi connectivity index (χ3v) is 6.21. The number of likely N-dealkylation sites (tertiary alicyclic amines) is 1. The lowest BCUT2D eigenvalue weighted by Crippen LogP contribution is -2.58. The Morgan fingerprint density at radius 2 is 1.86 bits per heavy atom. The number of hydrogen-bond acceptors (Lipinski definition) is 4. The Bertz CT molecular complexity index is 696. The zero-order valence-electron chi connectivity index (χ0n) is 16.4. The summed E-state index contributed by atoms with van der Waals surface area (Å²) in [6.45, 7) is 1.31. The molecular formula is C19H26F3N3O2S2. The minimum absolute atomic E-state index is 0.0734. The van der Waals surface area contributed by atoms with Gasteiger partial charge in [-0.3, -0.25) is 14.9 Å². The van der Waals surface area contributed by atoms with Gasteiger partial charge in [-0.1, -0.05) is 43.0 Å². The fourth-order valence-electron chi connectivity index (χ4n) is 3.53. The van der Waals surface area contributed by atoms with Gasteiger partial charge in [-0.15, -0.1) is 0 Å². The number of halogens is 3. The molecule has 1 N–H and O–H groups in total. The van der Waals surface area contributed by atoms with Crippen LogP contribution in [0.5, 0.6) is 0 Å². The number of piperidine rings is 1. The van der Waals surface area contributed by atoms with Gasteiger partial charge in [0.2, 0.25) is 5.91 Å². The lowest BCUT2D eigenvalue weighted by atomic mass is 9.97. The highest BCUT2D eigenvalue weighted by Crippen LogP contribution is 2.32. The fraction of sp³-hybridized carbons (Fsp3) is 0.579. The molecule has 0 bridgehead atoms. The normalized spacial score (nSPS) is 21.2. The van der Waals surface area contributed by atoms with Gasteiger partial charge in [0.05, 0.1) is 17.3 Å². The van der Waals surface area contributed by atoms with E-state index in [1.807, 2.05) is 11.9 Å². The highest BCUT2D eigenvalue weighted by atomic mass is 32.2. The molecule has 0 aromatic heterocycles. The molecule has 0 radical (unpaired) electrons. The second kappa shape index (κ2) is 10.1. The zero-order chi connectivity index (χ0) is 21.7. The third kappa shape index (κ3) is 6.05. The number of nitrogens with one attached hydrogen (secondary N) is 1. The van der Waals surface area contributed by atoms with Gasteiger partial charge in [0.1, 0.15) is 0 Å². The molecule has 1 spiro atoms. The molecule has 1 aromatic rings. The Labute approximate surface area is 178 Å². The third-order valence-electron chi connectivity index (χ3n) is 5.29. The van der Waals surface area contributed by atoms with E-state index in [1.165, 1.54) is 12.1 Å². The Hall–Kier alpha value is -1.39. The lowest BCUT2D eigenvalue weighted by molar-refractivity contribution is -0.137. The summed E-state index contributed by atoms with van der Waals surface area (Å²) >= 11 is 5.62. The van der Waals surface area contributed by atoms with Gasteiger partial charge in [0.15, 0.2) is 0 Å². The summed E-state index contributed by atoms with van der Waals surface area (Å²) in [6.07, 6.45) is 0.257. The molecule has 0 aliphatic carbocycles. The van der Waals surface area contributed by atoms with E-state index in [9.17, 15) is 22.8 Å². The van der Waals surface area contributed by atoms with Crippen molar-refractivity contribution >= 4 is 35.5 Å². The number of benzene rings is 1. The molecule has 5 nitrogen and oxygen atoms in total. The van der Waals surface area contributed by atoms with Crippen LogP contribution >= 0.6 is 24.4 Å². The summed E-state index contributed by atoms with van der Waals surface area (Å²) in [5.41, 5.74) is -0.866. The van der Waals surface area contributed by atoms with Gasteiger partial charge >= 0.3 is 6.18 Å². The average molecular weight is 450 g/mol. The molecule has 1 atom stereocenters. The molecule has 2 saturated heterocycles. The molecule has 3 rings (SSSR count). The molecule has 2 fully saturated rings. The summed E-state index contributed by atoms with van der Waals surface area (Å²) in [5, 5.41) is 3.32. The van der Waals surface area contributed by atoms with E-state index >= 15 is 0 Å². The van der Waals surface area contributed by atoms with E-state index in [1.54, 1.807) is 22.7 Å². The number of likely N-dealkylation sites (N-methyl/N-ethyl adjacent to an activating group) is 1. The first kappa shape index (κ1) is 23.9. The quantitative estimate of drug-likeness (QED) is 0.691. The zero-order valence-corrected chi connectivity index (χ0v) is 18.1. The Morgan fingerprint density at radius 1 is 1.28 bits per heavy atom. The number of alkyl halides is 3. The van der Waals surface area contributed by atoms with Gasteiger partial charge in [0.25, 0.3) is 5.24 Å². The number of hydrogen-bond donors (Lipinski definition) is 2. The first-order valence-electron chi connectivity index (χ1n) is 9.25. The van der Waals surface area contributed by atoms with Crippen molar-refractivity contribution in [3.8, 4) is 0 Å². The number of rotatable bonds is 3. The van der Waals surface area contributed by atoms with Crippen LogP contribution in [0.15, 0.2) is 30.3 Å². The van der Waals surface area contributed by atoms with Crippen LogP contribution in [-0.2, 0) is 11.0 Å². The van der Waals surface area contributed by atoms with Crippen LogP contribution in [-0.4, -0.2) is 64.8 Å². The summed E-state index contributed by atoms with van der Waals surface area (Å²) in [6, 6.07) is 6.29. The molecule has 0 saturated carbocycles. The first-order valence-corrected chi connectivity index (χ1v) is 11.1. The van der Waals surface area contributed by atoms with Crippen molar-refractivity contribution in [1.82, 2.24) is 15.1 Å². The predicted octanol–water partition coefficient (Wildman–Crippen LogP) is 3.72. The number of thioether (sulfide) groups is 1. The van der Waals surface area contributed by atoms with E-state index in [2.05, 4.69) is 24.2 Å². The average Bonchev–Trinajstić information content (AvgIpc) is 2.92. The van der Waals surface area contributed by atoms with E-state index in [0.29, 0.717) is 13.1 Å². The number of thiol groups is 1. The van der Waals surface area contributed by atoms with Crippen molar-refractivity contribution in [2.45, 2.75) is 37.1 Å². The lowest BCUT2D eigenvalue weighted by Gasteiger charge is -2.42. The monoisotopic (exact) mass is 449 g/mol. The van der Waals surface area contributed by atoms with Crippen molar-refractivity contribution in [3.63, 3.8) is 0 Å². The van der Waals surface area contributed by atoms with Crippen LogP contribution in [0.25, 0.3) is 0 Å². The Morgan fingerprint density at radius 3 is 2.31 bits per heavy atom. The highest BCUT2D eigenvalue weighted by Gasteiger charge is 2.49. The largest absolute Gasteiger partial charge is 0.416 e. The van der Waals surface area contributed by atoms with Gasteiger partial charge in [-0.2, -0.15) is 24.9 Å². The number of carbonyl (C=O) groups excluding carboxylic acids is 2. The van der Waals surface area contributed by atoms with Gasteiger partial charge in [-0.25, -0.2) is 0 Å². The van der Waals surface area contributed by atoms with E-state index in [0.717, 1.165) is 37.1 Å². The first-order chi connectivity index (χ1) is 13.6. The molecule has 1 aromatic carbocycles. The van der Waals surface area contributed by atoms with Crippen LogP contribution in [0.2, 0.25) is 0 Å². The van der Waals surface area contributed by atoms with Crippen molar-refractivity contribution in [2.24, 2.45) is 0 Å². The molecule has 1 unspecified atom stereocenters. The van der Waals surface area contributed by atoms with Crippen molar-refractivity contribution < 1.29 is 22.8 Å². The van der Waals surface area contributed by atoms with Crippen LogP contribution in [0.4, 0.5) is 18.0 Å². The molecule has 2 amide bonds. The van der Waals surface area contributed by atoms with Gasteiger partial charge < -0.3 is 9.80 Å². The number of amides is 2. The minimum Gasteiger partial charge on any atom is -0.334 e. The van der Waals surface area contributed by atoms with Crippen LogP contribution in [0.3, 0.4) is 0 Å². The summed E-state index contributed by atoms with van der Waals surface area (Å²) in [4.78, 5) is 27.1.